The highest BCUT2D eigenvalue weighted by Crippen LogP contribution is 2.30. The van der Waals surface area contributed by atoms with Crippen molar-refractivity contribution in [2.24, 2.45) is 0 Å². The average molecular weight is 346 g/mol. The van der Waals surface area contributed by atoms with Gasteiger partial charge in [0.15, 0.2) is 0 Å². The molecule has 1 aromatic carbocycles. The highest BCUT2D eigenvalue weighted by molar-refractivity contribution is 6.04. The Kier molecular flexibility index (Phi) is 3.72. The van der Waals surface area contributed by atoms with Crippen LogP contribution in [-0.2, 0) is 9.53 Å². The van der Waals surface area contributed by atoms with Crippen molar-refractivity contribution in [1.29, 1.82) is 0 Å². The van der Waals surface area contributed by atoms with Gasteiger partial charge in [0, 0.05) is 12.1 Å². The molecular weight excluding hydrogens is 331 g/mol. The van der Waals surface area contributed by atoms with Crippen LogP contribution in [0.5, 0.6) is 0 Å². The van der Waals surface area contributed by atoms with E-state index in [1.54, 1.807) is 13.0 Å². The zero-order valence-corrected chi connectivity index (χ0v) is 13.4. The van der Waals surface area contributed by atoms with Gasteiger partial charge in [0.25, 0.3) is 5.91 Å². The summed E-state index contributed by atoms with van der Waals surface area (Å²) in [6, 6.07) is 4.06. The summed E-state index contributed by atoms with van der Waals surface area (Å²) in [5.74, 6) is -0.454. The molecule has 25 heavy (non-hydrogen) atoms. The molecule has 1 aromatic heterocycles. The van der Waals surface area contributed by atoms with E-state index in [1.807, 2.05) is 0 Å². The van der Waals surface area contributed by atoms with Crippen molar-refractivity contribution in [3.05, 3.63) is 36.0 Å². The summed E-state index contributed by atoms with van der Waals surface area (Å²) in [5, 5.41) is 3.82. The van der Waals surface area contributed by atoms with Crippen molar-refractivity contribution in [3.63, 3.8) is 0 Å². The van der Waals surface area contributed by atoms with Gasteiger partial charge >= 0.3 is 6.03 Å². The lowest BCUT2D eigenvalue weighted by atomic mass is 10.2. The summed E-state index contributed by atoms with van der Waals surface area (Å²) in [5.41, 5.74) is 0.451. The largest absolute Gasteiger partial charge is 0.377 e. The number of nitrogens with zero attached hydrogens (tertiary/aromatic N) is 4. The molecule has 0 unspecified atom stereocenters. The molecule has 0 saturated carbocycles. The Labute approximate surface area is 142 Å². The Balaban J connectivity index is 1.60. The number of carbonyl (C=O) groups is 2. The van der Waals surface area contributed by atoms with Crippen molar-refractivity contribution in [2.45, 2.75) is 19.0 Å². The van der Waals surface area contributed by atoms with Crippen LogP contribution in [0.15, 0.2) is 28.8 Å². The Morgan fingerprint density at radius 3 is 2.96 bits per heavy atom. The van der Waals surface area contributed by atoms with E-state index >= 15 is 0 Å². The number of imide groups is 1. The van der Waals surface area contributed by atoms with E-state index in [-0.39, 0.29) is 24.2 Å². The van der Waals surface area contributed by atoms with Gasteiger partial charge in [-0.25, -0.2) is 14.1 Å². The number of hydrogen-bond acceptors (Lipinski definition) is 6. The minimum atomic E-state index is -0.722. The maximum Gasteiger partial charge on any atom is 0.328 e. The molecule has 2 fully saturated rings. The Morgan fingerprint density at radius 2 is 2.20 bits per heavy atom. The monoisotopic (exact) mass is 346 g/mol. The third-order valence-corrected chi connectivity index (χ3v) is 4.37. The van der Waals surface area contributed by atoms with Crippen molar-refractivity contribution in [2.75, 3.05) is 19.8 Å². The first-order chi connectivity index (χ1) is 12.1. The van der Waals surface area contributed by atoms with Gasteiger partial charge in [0.05, 0.1) is 13.2 Å². The van der Waals surface area contributed by atoms with Crippen molar-refractivity contribution in [1.82, 2.24) is 19.9 Å². The van der Waals surface area contributed by atoms with Crippen LogP contribution in [-0.4, -0.2) is 57.7 Å². The van der Waals surface area contributed by atoms with E-state index in [0.717, 1.165) is 4.90 Å². The first-order valence-corrected chi connectivity index (χ1v) is 7.87. The number of aromatic nitrogens is 2. The van der Waals surface area contributed by atoms with Crippen LogP contribution in [0, 0.1) is 5.82 Å². The molecule has 2 aliphatic heterocycles. The number of amides is 3. The predicted molar refractivity (Wildman–Crippen MR) is 81.7 cm³/mol. The topological polar surface area (TPSA) is 88.8 Å². The van der Waals surface area contributed by atoms with Gasteiger partial charge in [-0.1, -0.05) is 17.3 Å². The summed E-state index contributed by atoms with van der Waals surface area (Å²) in [6.45, 7) is 2.60. The van der Waals surface area contributed by atoms with E-state index in [1.165, 1.54) is 23.1 Å². The maximum atomic E-state index is 13.3. The summed E-state index contributed by atoms with van der Waals surface area (Å²) in [4.78, 5) is 31.9. The number of carbonyl (C=O) groups excluding carboxylic acids is 2. The molecule has 0 bridgehead atoms. The van der Waals surface area contributed by atoms with Crippen LogP contribution in [0.1, 0.15) is 18.9 Å². The second kappa shape index (κ2) is 5.92. The number of ether oxygens (including phenoxy) is 1. The number of morpholine rings is 1. The molecular formula is C16H15FN4O4. The average Bonchev–Trinajstić information content (AvgIpc) is 3.20. The molecule has 0 N–H and O–H groups in total. The molecule has 130 valence electrons. The number of rotatable bonds is 3. The fraction of sp³-hybridized carbons (Fsp3) is 0.375. The van der Waals surface area contributed by atoms with E-state index in [4.69, 9.17) is 9.26 Å². The fourth-order valence-corrected chi connectivity index (χ4v) is 3.05. The fourth-order valence-electron chi connectivity index (χ4n) is 3.05. The third-order valence-electron chi connectivity index (χ3n) is 4.37. The van der Waals surface area contributed by atoms with Gasteiger partial charge in [0.1, 0.15) is 17.9 Å². The van der Waals surface area contributed by atoms with Crippen LogP contribution >= 0.6 is 0 Å². The Bertz CT molecular complexity index is 815. The maximum absolute atomic E-state index is 13.3. The van der Waals surface area contributed by atoms with Crippen molar-refractivity contribution < 1.29 is 23.2 Å². The van der Waals surface area contributed by atoms with Crippen LogP contribution in [0.4, 0.5) is 9.18 Å². The molecule has 0 radical (unpaired) electrons. The van der Waals surface area contributed by atoms with Gasteiger partial charge in [-0.3, -0.25) is 4.79 Å². The second-order valence-electron chi connectivity index (χ2n) is 5.92. The zero-order chi connectivity index (χ0) is 17.6. The third kappa shape index (κ3) is 2.56. The minimum absolute atomic E-state index is 0.113. The number of halogens is 1. The molecule has 8 nitrogen and oxygen atoms in total. The molecule has 9 heteroatoms. The molecule has 0 aliphatic carbocycles. The summed E-state index contributed by atoms with van der Waals surface area (Å²) >= 11 is 0. The number of urea groups is 1. The lowest BCUT2D eigenvalue weighted by Gasteiger charge is -2.26. The van der Waals surface area contributed by atoms with Crippen LogP contribution in [0.3, 0.4) is 0 Å². The van der Waals surface area contributed by atoms with E-state index in [0.29, 0.717) is 18.7 Å². The Morgan fingerprint density at radius 1 is 1.36 bits per heavy atom. The predicted octanol–water partition coefficient (Wildman–Crippen LogP) is 1.60. The van der Waals surface area contributed by atoms with Crippen molar-refractivity contribution >= 4 is 11.9 Å². The molecule has 2 atom stereocenters. The van der Waals surface area contributed by atoms with Crippen LogP contribution in [0.25, 0.3) is 11.4 Å². The lowest BCUT2D eigenvalue weighted by molar-refractivity contribution is -0.132. The van der Waals surface area contributed by atoms with Gasteiger partial charge < -0.3 is 14.2 Å². The van der Waals surface area contributed by atoms with E-state index in [2.05, 4.69) is 10.1 Å². The first-order valence-electron chi connectivity index (χ1n) is 7.87. The summed E-state index contributed by atoms with van der Waals surface area (Å²) in [6.07, 6.45) is 0. The highest BCUT2D eigenvalue weighted by Gasteiger charge is 2.49. The zero-order valence-electron chi connectivity index (χ0n) is 13.4. The minimum Gasteiger partial charge on any atom is -0.377 e. The lowest BCUT2D eigenvalue weighted by Crippen LogP contribution is -2.45. The molecule has 0 spiro atoms. The van der Waals surface area contributed by atoms with Crippen LogP contribution < -0.4 is 0 Å². The first kappa shape index (κ1) is 15.7. The van der Waals surface area contributed by atoms with Gasteiger partial charge in [-0.05, 0) is 19.1 Å². The molecule has 3 heterocycles. The number of benzene rings is 1. The van der Waals surface area contributed by atoms with Crippen LogP contribution in [0.2, 0.25) is 0 Å². The quantitative estimate of drug-likeness (QED) is 0.785. The second-order valence-corrected chi connectivity index (χ2v) is 5.92. The Hall–Kier alpha value is -2.81. The smallest absolute Gasteiger partial charge is 0.328 e. The number of hydrogen-bond donors (Lipinski definition) is 0. The molecule has 2 aromatic rings. The normalized spacial score (nSPS) is 21.6. The van der Waals surface area contributed by atoms with E-state index < -0.39 is 23.9 Å². The summed E-state index contributed by atoms with van der Waals surface area (Å²) < 4.78 is 23.8. The number of fused-ring (bicyclic) bond motifs is 1. The van der Waals surface area contributed by atoms with E-state index in [9.17, 15) is 14.0 Å². The molecule has 3 amide bonds. The molecule has 2 saturated heterocycles. The van der Waals surface area contributed by atoms with Crippen molar-refractivity contribution in [3.8, 4) is 11.4 Å². The molecule has 4 rings (SSSR count). The SMILES string of the molecule is C[C@@H](c1nc(-c2cccc(F)c2)no1)N1C(=O)[C@H]2COCCN2C1=O. The van der Waals surface area contributed by atoms with Gasteiger partial charge in [-0.15, -0.1) is 0 Å². The van der Waals surface area contributed by atoms with Gasteiger partial charge in [0.2, 0.25) is 11.7 Å². The summed E-state index contributed by atoms with van der Waals surface area (Å²) in [7, 11) is 0. The standard InChI is InChI=1S/C16H15FN4O4/c1-9(21-15(22)12-8-24-6-5-20(12)16(21)23)14-18-13(19-25-14)10-3-2-4-11(17)7-10/h2-4,7,9,12H,5-6,8H2,1H3/t9-,12+/m0/s1. The van der Waals surface area contributed by atoms with Gasteiger partial charge in [-0.2, -0.15) is 4.98 Å². The highest BCUT2D eigenvalue weighted by atomic mass is 19.1. The molecule has 2 aliphatic rings.